The SMILES string of the molecule is CCCNc1cc(N(C)c2ccccc2F)nc(CC)n1. The summed E-state index contributed by atoms with van der Waals surface area (Å²) in [6.07, 6.45) is 1.75. The number of anilines is 3. The van der Waals surface area contributed by atoms with Gasteiger partial charge in [-0.05, 0) is 18.6 Å². The van der Waals surface area contributed by atoms with Gasteiger partial charge in [0.1, 0.15) is 23.3 Å². The smallest absolute Gasteiger partial charge is 0.146 e. The van der Waals surface area contributed by atoms with Crippen molar-refractivity contribution in [1.82, 2.24) is 9.97 Å². The van der Waals surface area contributed by atoms with E-state index in [4.69, 9.17) is 0 Å². The fourth-order valence-corrected chi connectivity index (χ4v) is 2.00. The zero-order valence-corrected chi connectivity index (χ0v) is 12.7. The van der Waals surface area contributed by atoms with Gasteiger partial charge in [-0.3, -0.25) is 0 Å². The van der Waals surface area contributed by atoms with Gasteiger partial charge in [-0.25, -0.2) is 14.4 Å². The highest BCUT2D eigenvalue weighted by Crippen LogP contribution is 2.26. The van der Waals surface area contributed by atoms with E-state index in [0.29, 0.717) is 11.5 Å². The zero-order chi connectivity index (χ0) is 15.2. The predicted molar refractivity (Wildman–Crippen MR) is 84.7 cm³/mol. The van der Waals surface area contributed by atoms with Gasteiger partial charge in [-0.1, -0.05) is 26.0 Å². The normalized spacial score (nSPS) is 10.5. The average Bonchev–Trinajstić information content (AvgIpc) is 2.52. The van der Waals surface area contributed by atoms with E-state index in [0.717, 1.165) is 31.0 Å². The lowest BCUT2D eigenvalue weighted by atomic mass is 10.3. The van der Waals surface area contributed by atoms with Crippen molar-refractivity contribution in [3.8, 4) is 0 Å². The summed E-state index contributed by atoms with van der Waals surface area (Å²) in [5.74, 6) is 1.95. The first-order valence-electron chi connectivity index (χ1n) is 7.25. The Labute approximate surface area is 125 Å². The minimum Gasteiger partial charge on any atom is -0.370 e. The lowest BCUT2D eigenvalue weighted by molar-refractivity contribution is 0.627. The van der Waals surface area contributed by atoms with Crippen molar-refractivity contribution in [2.24, 2.45) is 0 Å². The Bertz CT molecular complexity index is 601. The van der Waals surface area contributed by atoms with E-state index in [2.05, 4.69) is 22.2 Å². The topological polar surface area (TPSA) is 41.0 Å². The Morgan fingerprint density at radius 2 is 1.95 bits per heavy atom. The highest BCUT2D eigenvalue weighted by atomic mass is 19.1. The molecule has 1 aromatic heterocycles. The highest BCUT2D eigenvalue weighted by molar-refractivity contribution is 5.62. The van der Waals surface area contributed by atoms with Crippen molar-refractivity contribution in [2.75, 3.05) is 23.8 Å². The fraction of sp³-hybridized carbons (Fsp3) is 0.375. The van der Waals surface area contributed by atoms with Crippen molar-refractivity contribution in [3.63, 3.8) is 0 Å². The molecule has 0 radical (unpaired) electrons. The molecule has 0 saturated carbocycles. The van der Waals surface area contributed by atoms with Crippen LogP contribution in [0.4, 0.5) is 21.7 Å². The third kappa shape index (κ3) is 3.68. The molecule has 0 bridgehead atoms. The number of para-hydroxylation sites is 1. The minimum atomic E-state index is -0.264. The van der Waals surface area contributed by atoms with Crippen LogP contribution in [0.1, 0.15) is 26.1 Å². The van der Waals surface area contributed by atoms with Crippen LogP contribution in [0.2, 0.25) is 0 Å². The maximum Gasteiger partial charge on any atom is 0.146 e. The van der Waals surface area contributed by atoms with Gasteiger partial charge in [0.2, 0.25) is 0 Å². The van der Waals surface area contributed by atoms with E-state index in [1.54, 1.807) is 17.0 Å². The molecule has 0 saturated heterocycles. The molecule has 112 valence electrons. The first-order valence-corrected chi connectivity index (χ1v) is 7.25. The summed E-state index contributed by atoms with van der Waals surface area (Å²) in [6.45, 7) is 4.95. The summed E-state index contributed by atoms with van der Waals surface area (Å²) in [6, 6.07) is 8.53. The molecular formula is C16H21FN4. The largest absolute Gasteiger partial charge is 0.370 e. The molecule has 2 rings (SSSR count). The van der Waals surface area contributed by atoms with Gasteiger partial charge in [-0.15, -0.1) is 0 Å². The maximum absolute atomic E-state index is 13.9. The molecule has 0 amide bonds. The number of nitrogens with one attached hydrogen (secondary N) is 1. The van der Waals surface area contributed by atoms with E-state index in [9.17, 15) is 4.39 Å². The van der Waals surface area contributed by atoms with Crippen molar-refractivity contribution in [2.45, 2.75) is 26.7 Å². The number of hydrogen-bond donors (Lipinski definition) is 1. The molecule has 0 atom stereocenters. The van der Waals surface area contributed by atoms with Crippen LogP contribution >= 0.6 is 0 Å². The second-order valence-electron chi connectivity index (χ2n) is 4.82. The molecule has 1 aromatic carbocycles. The van der Waals surface area contributed by atoms with Gasteiger partial charge in [0.05, 0.1) is 5.69 Å². The Morgan fingerprint density at radius 3 is 2.62 bits per heavy atom. The first-order chi connectivity index (χ1) is 10.2. The molecule has 2 aromatic rings. The Hall–Kier alpha value is -2.17. The molecule has 0 aliphatic heterocycles. The van der Waals surface area contributed by atoms with Crippen LogP contribution in [-0.4, -0.2) is 23.6 Å². The van der Waals surface area contributed by atoms with Crippen molar-refractivity contribution in [3.05, 3.63) is 42.0 Å². The van der Waals surface area contributed by atoms with Crippen LogP contribution in [0.5, 0.6) is 0 Å². The molecule has 4 nitrogen and oxygen atoms in total. The number of aryl methyl sites for hydroxylation is 1. The summed E-state index contributed by atoms with van der Waals surface area (Å²) in [5, 5.41) is 3.26. The number of hydrogen-bond acceptors (Lipinski definition) is 4. The van der Waals surface area contributed by atoms with E-state index in [-0.39, 0.29) is 5.82 Å². The maximum atomic E-state index is 13.9. The third-order valence-electron chi connectivity index (χ3n) is 3.19. The highest BCUT2D eigenvalue weighted by Gasteiger charge is 2.12. The molecule has 0 fully saturated rings. The quantitative estimate of drug-likeness (QED) is 0.878. The molecule has 21 heavy (non-hydrogen) atoms. The van der Waals surface area contributed by atoms with Crippen molar-refractivity contribution < 1.29 is 4.39 Å². The van der Waals surface area contributed by atoms with Gasteiger partial charge in [0.15, 0.2) is 0 Å². The molecule has 0 unspecified atom stereocenters. The molecule has 1 heterocycles. The number of nitrogens with zero attached hydrogens (tertiary/aromatic N) is 3. The molecule has 5 heteroatoms. The van der Waals surface area contributed by atoms with Crippen LogP contribution in [-0.2, 0) is 6.42 Å². The minimum absolute atomic E-state index is 0.264. The van der Waals surface area contributed by atoms with E-state index < -0.39 is 0 Å². The van der Waals surface area contributed by atoms with Gasteiger partial charge >= 0.3 is 0 Å². The first kappa shape index (κ1) is 15.2. The van der Waals surface area contributed by atoms with Crippen molar-refractivity contribution in [1.29, 1.82) is 0 Å². The van der Waals surface area contributed by atoms with Gasteiger partial charge < -0.3 is 10.2 Å². The van der Waals surface area contributed by atoms with Crippen molar-refractivity contribution >= 4 is 17.3 Å². The number of rotatable bonds is 6. The number of aromatic nitrogens is 2. The standard InChI is InChI=1S/C16H21FN4/c1-4-10-18-15-11-16(20-14(5-2)19-15)21(3)13-9-7-6-8-12(13)17/h6-9,11H,4-5,10H2,1-3H3,(H,18,19,20). The van der Waals surface area contributed by atoms with Crippen LogP contribution < -0.4 is 10.2 Å². The van der Waals surface area contributed by atoms with E-state index in [1.807, 2.05) is 26.1 Å². The lowest BCUT2D eigenvalue weighted by Gasteiger charge is -2.20. The second-order valence-corrected chi connectivity index (χ2v) is 4.82. The molecular weight excluding hydrogens is 267 g/mol. The summed E-state index contributed by atoms with van der Waals surface area (Å²) in [7, 11) is 1.81. The van der Waals surface area contributed by atoms with Gasteiger partial charge in [-0.2, -0.15) is 0 Å². The van der Waals surface area contributed by atoms with Crippen LogP contribution in [0, 0.1) is 5.82 Å². The third-order valence-corrected chi connectivity index (χ3v) is 3.19. The Kier molecular flexibility index (Phi) is 5.09. The molecule has 0 aliphatic rings. The summed E-state index contributed by atoms with van der Waals surface area (Å²) in [4.78, 5) is 10.7. The monoisotopic (exact) mass is 288 g/mol. The van der Waals surface area contributed by atoms with Crippen LogP contribution in [0.15, 0.2) is 30.3 Å². The zero-order valence-electron chi connectivity index (χ0n) is 12.7. The molecule has 0 aliphatic carbocycles. The Morgan fingerprint density at radius 1 is 1.19 bits per heavy atom. The lowest BCUT2D eigenvalue weighted by Crippen LogP contribution is -2.15. The van der Waals surface area contributed by atoms with Crippen LogP contribution in [0.3, 0.4) is 0 Å². The fourth-order valence-electron chi connectivity index (χ4n) is 2.00. The Balaban J connectivity index is 2.35. The summed E-state index contributed by atoms with van der Waals surface area (Å²) in [5.41, 5.74) is 0.500. The van der Waals surface area contributed by atoms with Crippen LogP contribution in [0.25, 0.3) is 0 Å². The number of halogens is 1. The molecule has 1 N–H and O–H groups in total. The van der Waals surface area contributed by atoms with Gasteiger partial charge in [0.25, 0.3) is 0 Å². The number of benzene rings is 1. The summed E-state index contributed by atoms with van der Waals surface area (Å²) < 4.78 is 13.9. The summed E-state index contributed by atoms with van der Waals surface area (Å²) >= 11 is 0. The second kappa shape index (κ2) is 7.02. The molecule has 0 spiro atoms. The predicted octanol–water partition coefficient (Wildman–Crippen LogP) is 3.77. The van der Waals surface area contributed by atoms with E-state index >= 15 is 0 Å². The van der Waals surface area contributed by atoms with E-state index in [1.165, 1.54) is 6.07 Å². The van der Waals surface area contributed by atoms with Gasteiger partial charge in [0, 0.05) is 26.1 Å². The average molecular weight is 288 g/mol.